The van der Waals surface area contributed by atoms with Gasteiger partial charge < -0.3 is 9.47 Å². The van der Waals surface area contributed by atoms with E-state index >= 15 is 0 Å². The summed E-state index contributed by atoms with van der Waals surface area (Å²) in [5.41, 5.74) is 0.532. The van der Waals surface area contributed by atoms with Crippen LogP contribution in [0.5, 0.6) is 5.75 Å². The third-order valence-corrected chi connectivity index (χ3v) is 1.64. The predicted molar refractivity (Wildman–Crippen MR) is 54.1 cm³/mol. The molecule has 0 aliphatic heterocycles. The SMILES string of the molecule is CCCOC(=O)Oc1ccc(C=O)cc1. The molecule has 0 atom stereocenters. The average Bonchev–Trinajstić information content (AvgIpc) is 2.27. The van der Waals surface area contributed by atoms with Gasteiger partial charge >= 0.3 is 6.16 Å². The zero-order valence-electron chi connectivity index (χ0n) is 8.43. The van der Waals surface area contributed by atoms with Crippen LogP contribution in [0.25, 0.3) is 0 Å². The summed E-state index contributed by atoms with van der Waals surface area (Å²) in [5, 5.41) is 0. The van der Waals surface area contributed by atoms with Crippen LogP contribution >= 0.6 is 0 Å². The van der Waals surface area contributed by atoms with Crippen molar-refractivity contribution in [2.24, 2.45) is 0 Å². The second-order valence-corrected chi connectivity index (χ2v) is 2.89. The Morgan fingerprint density at radius 2 is 2.00 bits per heavy atom. The van der Waals surface area contributed by atoms with Gasteiger partial charge in [-0.25, -0.2) is 4.79 Å². The molecule has 0 radical (unpaired) electrons. The van der Waals surface area contributed by atoms with Gasteiger partial charge in [0.05, 0.1) is 6.61 Å². The molecular formula is C11H12O4. The standard InChI is InChI=1S/C11H12O4/c1-2-7-14-11(13)15-10-5-3-9(8-12)4-6-10/h3-6,8H,2,7H2,1H3. The fourth-order valence-electron chi connectivity index (χ4n) is 0.926. The fourth-order valence-corrected chi connectivity index (χ4v) is 0.926. The van der Waals surface area contributed by atoms with E-state index in [1.807, 2.05) is 6.92 Å². The molecule has 0 aliphatic rings. The van der Waals surface area contributed by atoms with Crippen LogP contribution < -0.4 is 4.74 Å². The van der Waals surface area contributed by atoms with Gasteiger partial charge in [-0.3, -0.25) is 4.79 Å². The molecule has 0 spiro atoms. The minimum absolute atomic E-state index is 0.339. The van der Waals surface area contributed by atoms with E-state index in [2.05, 4.69) is 0 Å². The molecule has 0 saturated heterocycles. The Hall–Kier alpha value is -1.84. The Balaban J connectivity index is 2.49. The van der Waals surface area contributed by atoms with Crippen LogP contribution in [-0.4, -0.2) is 19.0 Å². The second kappa shape index (κ2) is 5.80. The molecule has 1 aromatic carbocycles. The quantitative estimate of drug-likeness (QED) is 0.433. The van der Waals surface area contributed by atoms with Crippen LogP contribution in [0, 0.1) is 0 Å². The smallest absolute Gasteiger partial charge is 0.434 e. The summed E-state index contributed by atoms with van der Waals surface area (Å²) in [6.45, 7) is 2.23. The number of hydrogen-bond donors (Lipinski definition) is 0. The number of hydrogen-bond acceptors (Lipinski definition) is 4. The molecule has 4 nitrogen and oxygen atoms in total. The summed E-state index contributed by atoms with van der Waals surface area (Å²) < 4.78 is 9.56. The lowest BCUT2D eigenvalue weighted by molar-refractivity contribution is 0.0991. The third kappa shape index (κ3) is 3.81. The molecule has 0 N–H and O–H groups in total. The van der Waals surface area contributed by atoms with Gasteiger partial charge in [-0.2, -0.15) is 0 Å². The first-order valence-corrected chi connectivity index (χ1v) is 4.66. The van der Waals surface area contributed by atoms with Gasteiger partial charge in [0.1, 0.15) is 12.0 Å². The monoisotopic (exact) mass is 208 g/mol. The number of ether oxygens (including phenoxy) is 2. The molecular weight excluding hydrogens is 196 g/mol. The minimum atomic E-state index is -0.726. The van der Waals surface area contributed by atoms with Crippen molar-refractivity contribution in [3.63, 3.8) is 0 Å². The van der Waals surface area contributed by atoms with Crippen LogP contribution in [0.2, 0.25) is 0 Å². The van der Waals surface area contributed by atoms with E-state index in [0.717, 1.165) is 12.7 Å². The van der Waals surface area contributed by atoms with Crippen molar-refractivity contribution in [1.82, 2.24) is 0 Å². The highest BCUT2D eigenvalue weighted by Gasteiger charge is 2.04. The summed E-state index contributed by atoms with van der Waals surface area (Å²) in [4.78, 5) is 21.4. The lowest BCUT2D eigenvalue weighted by Crippen LogP contribution is -2.10. The molecule has 1 aromatic rings. The van der Waals surface area contributed by atoms with Gasteiger partial charge in [0.25, 0.3) is 0 Å². The highest BCUT2D eigenvalue weighted by atomic mass is 16.7. The van der Waals surface area contributed by atoms with E-state index in [4.69, 9.17) is 9.47 Å². The highest BCUT2D eigenvalue weighted by Crippen LogP contribution is 2.11. The van der Waals surface area contributed by atoms with Gasteiger partial charge in [-0.1, -0.05) is 6.92 Å². The summed E-state index contributed by atoms with van der Waals surface area (Å²) >= 11 is 0. The molecule has 1 rings (SSSR count). The summed E-state index contributed by atoms with van der Waals surface area (Å²) in [6.07, 6.45) is 0.744. The van der Waals surface area contributed by atoms with Crippen LogP contribution in [0.3, 0.4) is 0 Å². The van der Waals surface area contributed by atoms with E-state index in [9.17, 15) is 9.59 Å². The number of rotatable bonds is 4. The third-order valence-electron chi connectivity index (χ3n) is 1.64. The molecule has 0 amide bonds. The van der Waals surface area contributed by atoms with E-state index < -0.39 is 6.16 Å². The van der Waals surface area contributed by atoms with E-state index in [1.54, 1.807) is 12.1 Å². The normalized spacial score (nSPS) is 9.40. The molecule has 0 aromatic heterocycles. The fraction of sp³-hybridized carbons (Fsp3) is 0.273. The van der Waals surface area contributed by atoms with Crippen molar-refractivity contribution < 1.29 is 19.1 Å². The molecule has 4 heteroatoms. The Morgan fingerprint density at radius 1 is 1.33 bits per heavy atom. The van der Waals surface area contributed by atoms with Crippen LogP contribution in [0.15, 0.2) is 24.3 Å². The lowest BCUT2D eigenvalue weighted by atomic mass is 10.2. The predicted octanol–water partition coefficient (Wildman–Crippen LogP) is 2.42. The molecule has 0 bridgehead atoms. The molecule has 15 heavy (non-hydrogen) atoms. The minimum Gasteiger partial charge on any atom is -0.434 e. The van der Waals surface area contributed by atoms with Crippen molar-refractivity contribution >= 4 is 12.4 Å². The Labute approximate surface area is 87.8 Å². The van der Waals surface area contributed by atoms with E-state index in [-0.39, 0.29) is 0 Å². The molecule has 0 unspecified atom stereocenters. The first-order chi connectivity index (χ1) is 7.26. The van der Waals surface area contributed by atoms with Crippen LogP contribution in [0.1, 0.15) is 23.7 Å². The van der Waals surface area contributed by atoms with Crippen molar-refractivity contribution in [3.8, 4) is 5.75 Å². The molecule has 0 aliphatic carbocycles. The maximum absolute atomic E-state index is 11.0. The van der Waals surface area contributed by atoms with Crippen molar-refractivity contribution in [2.75, 3.05) is 6.61 Å². The number of aldehydes is 1. The average molecular weight is 208 g/mol. The van der Waals surface area contributed by atoms with E-state index in [1.165, 1.54) is 12.1 Å². The number of carbonyl (C=O) groups is 2. The summed E-state index contributed by atoms with van der Waals surface area (Å²) in [7, 11) is 0. The van der Waals surface area contributed by atoms with Gasteiger partial charge in [-0.15, -0.1) is 0 Å². The highest BCUT2D eigenvalue weighted by molar-refractivity contribution is 5.75. The molecule has 0 fully saturated rings. The largest absolute Gasteiger partial charge is 0.513 e. The van der Waals surface area contributed by atoms with Gasteiger partial charge in [0, 0.05) is 5.56 Å². The van der Waals surface area contributed by atoms with E-state index in [0.29, 0.717) is 17.9 Å². The molecule has 0 saturated carbocycles. The summed E-state index contributed by atoms with van der Waals surface area (Å²) in [5.74, 6) is 0.363. The van der Waals surface area contributed by atoms with Crippen molar-refractivity contribution in [2.45, 2.75) is 13.3 Å². The van der Waals surface area contributed by atoms with Gasteiger partial charge in [0.2, 0.25) is 0 Å². The maximum atomic E-state index is 11.0. The molecule has 80 valence electrons. The van der Waals surface area contributed by atoms with Crippen molar-refractivity contribution in [3.05, 3.63) is 29.8 Å². The first kappa shape index (κ1) is 11.2. The van der Waals surface area contributed by atoms with Gasteiger partial charge in [-0.05, 0) is 30.7 Å². The first-order valence-electron chi connectivity index (χ1n) is 4.66. The zero-order chi connectivity index (χ0) is 11.1. The zero-order valence-corrected chi connectivity index (χ0v) is 8.43. The number of carbonyl (C=O) groups excluding carboxylic acids is 2. The molecule has 0 heterocycles. The number of benzene rings is 1. The van der Waals surface area contributed by atoms with Gasteiger partial charge in [0.15, 0.2) is 0 Å². The van der Waals surface area contributed by atoms with Crippen LogP contribution in [0.4, 0.5) is 4.79 Å². The lowest BCUT2D eigenvalue weighted by Gasteiger charge is -2.04. The summed E-state index contributed by atoms with van der Waals surface area (Å²) in [6, 6.07) is 6.21. The van der Waals surface area contributed by atoms with Crippen molar-refractivity contribution in [1.29, 1.82) is 0 Å². The Bertz CT molecular complexity index is 329. The topological polar surface area (TPSA) is 52.6 Å². The van der Waals surface area contributed by atoms with Crippen LogP contribution in [-0.2, 0) is 4.74 Å². The second-order valence-electron chi connectivity index (χ2n) is 2.89. The Morgan fingerprint density at radius 3 is 2.53 bits per heavy atom. The maximum Gasteiger partial charge on any atom is 0.513 e. The Kier molecular flexibility index (Phi) is 4.34.